The van der Waals surface area contributed by atoms with Crippen molar-refractivity contribution in [3.63, 3.8) is 0 Å². The number of anilines is 2. The monoisotopic (exact) mass is 276 g/mol. The zero-order valence-corrected chi connectivity index (χ0v) is 11.5. The maximum absolute atomic E-state index is 12.1. The molecule has 0 aliphatic heterocycles. The first kappa shape index (κ1) is 13.7. The normalized spacial score (nSPS) is 10.2. The fourth-order valence-electron chi connectivity index (χ4n) is 1.68. The summed E-state index contributed by atoms with van der Waals surface area (Å²) in [5.41, 5.74) is 7.44. The van der Waals surface area contributed by atoms with E-state index in [1.165, 1.54) is 14.2 Å². The van der Waals surface area contributed by atoms with Crippen molar-refractivity contribution in [3.05, 3.63) is 29.6 Å². The van der Waals surface area contributed by atoms with Crippen LogP contribution in [0.5, 0.6) is 11.5 Å². The molecule has 1 aromatic carbocycles. The van der Waals surface area contributed by atoms with Crippen molar-refractivity contribution in [1.29, 1.82) is 0 Å². The Morgan fingerprint density at radius 3 is 2.30 bits per heavy atom. The first-order valence-electron chi connectivity index (χ1n) is 5.90. The van der Waals surface area contributed by atoms with E-state index in [2.05, 4.69) is 15.5 Å². The molecule has 4 N–H and O–H groups in total. The number of ether oxygens (including phenoxy) is 2. The van der Waals surface area contributed by atoms with Crippen LogP contribution in [0.3, 0.4) is 0 Å². The van der Waals surface area contributed by atoms with Crippen molar-refractivity contribution in [2.45, 2.75) is 6.92 Å². The Balaban J connectivity index is 2.25. The topological polar surface area (TPSA) is 102 Å². The van der Waals surface area contributed by atoms with Gasteiger partial charge in [-0.3, -0.25) is 9.89 Å². The van der Waals surface area contributed by atoms with Gasteiger partial charge in [-0.15, -0.1) is 0 Å². The lowest BCUT2D eigenvalue weighted by molar-refractivity contribution is 0.102. The van der Waals surface area contributed by atoms with Crippen molar-refractivity contribution in [1.82, 2.24) is 10.2 Å². The van der Waals surface area contributed by atoms with Gasteiger partial charge in [0.1, 0.15) is 11.5 Å². The second-order valence-corrected chi connectivity index (χ2v) is 4.17. The number of H-pyrrole nitrogens is 1. The third-order valence-electron chi connectivity index (χ3n) is 2.82. The van der Waals surface area contributed by atoms with Crippen LogP contribution in [0.1, 0.15) is 16.2 Å². The fourth-order valence-corrected chi connectivity index (χ4v) is 1.68. The highest BCUT2D eigenvalue weighted by Gasteiger charge is 2.16. The Kier molecular flexibility index (Phi) is 3.79. The van der Waals surface area contributed by atoms with Gasteiger partial charge in [0.05, 0.1) is 25.6 Å². The summed E-state index contributed by atoms with van der Waals surface area (Å²) < 4.78 is 10.3. The zero-order valence-electron chi connectivity index (χ0n) is 11.5. The molecule has 0 bridgehead atoms. The summed E-state index contributed by atoms with van der Waals surface area (Å²) in [5, 5.41) is 9.24. The van der Waals surface area contributed by atoms with Crippen LogP contribution in [0.15, 0.2) is 18.2 Å². The predicted octanol–water partition coefficient (Wildman–Crippen LogP) is 1.57. The number of nitrogens with one attached hydrogen (secondary N) is 2. The van der Waals surface area contributed by atoms with E-state index in [0.717, 1.165) is 0 Å². The Morgan fingerprint density at radius 2 is 1.85 bits per heavy atom. The number of benzene rings is 1. The molecule has 2 aromatic rings. The van der Waals surface area contributed by atoms with Gasteiger partial charge in [-0.1, -0.05) is 0 Å². The molecule has 7 heteroatoms. The minimum absolute atomic E-state index is 0.157. The standard InChI is InChI=1S/C13H16N4O3/c1-7-11(14)12(17-16-7)13(18)15-8-4-9(19-2)6-10(5-8)20-3/h4-6H,14H2,1-3H3,(H,15,18)(H,16,17). The van der Waals surface area contributed by atoms with E-state index in [1.54, 1.807) is 25.1 Å². The summed E-state index contributed by atoms with van der Waals surface area (Å²) in [5.74, 6) is 0.749. The summed E-state index contributed by atoms with van der Waals surface area (Å²) in [6.07, 6.45) is 0. The molecule has 20 heavy (non-hydrogen) atoms. The van der Waals surface area contributed by atoms with Crippen molar-refractivity contribution in [2.24, 2.45) is 0 Å². The second kappa shape index (κ2) is 5.52. The van der Waals surface area contributed by atoms with Crippen molar-refractivity contribution in [3.8, 4) is 11.5 Å². The molecule has 0 radical (unpaired) electrons. The lowest BCUT2D eigenvalue weighted by Gasteiger charge is -2.09. The van der Waals surface area contributed by atoms with Crippen LogP contribution >= 0.6 is 0 Å². The maximum atomic E-state index is 12.1. The number of nitrogens with two attached hydrogens (primary N) is 1. The smallest absolute Gasteiger partial charge is 0.278 e. The van der Waals surface area contributed by atoms with Crippen LogP contribution < -0.4 is 20.5 Å². The maximum Gasteiger partial charge on any atom is 0.278 e. The number of aryl methyl sites for hydroxylation is 1. The fraction of sp³-hybridized carbons (Fsp3) is 0.231. The van der Waals surface area contributed by atoms with Crippen LogP contribution in [0.4, 0.5) is 11.4 Å². The first-order chi connectivity index (χ1) is 9.55. The molecule has 0 spiro atoms. The SMILES string of the molecule is COc1cc(NC(=O)c2n[nH]c(C)c2N)cc(OC)c1. The summed E-state index contributed by atoms with van der Waals surface area (Å²) in [4.78, 5) is 12.1. The number of nitrogens with zero attached hydrogens (tertiary/aromatic N) is 1. The average molecular weight is 276 g/mol. The van der Waals surface area contributed by atoms with Crippen LogP contribution in [-0.4, -0.2) is 30.3 Å². The van der Waals surface area contributed by atoms with E-state index in [1.807, 2.05) is 0 Å². The molecular formula is C13H16N4O3. The average Bonchev–Trinajstić information content (AvgIpc) is 2.78. The number of methoxy groups -OCH3 is 2. The van der Waals surface area contributed by atoms with Crippen LogP contribution in [0, 0.1) is 6.92 Å². The third kappa shape index (κ3) is 2.66. The predicted molar refractivity (Wildman–Crippen MR) is 75.2 cm³/mol. The number of aromatic nitrogens is 2. The highest BCUT2D eigenvalue weighted by molar-refractivity contribution is 6.06. The van der Waals surface area contributed by atoms with E-state index in [9.17, 15) is 4.79 Å². The Labute approximate surface area is 116 Å². The number of nitrogen functional groups attached to an aromatic ring is 1. The van der Waals surface area contributed by atoms with Gasteiger partial charge in [-0.05, 0) is 6.92 Å². The molecule has 0 unspecified atom stereocenters. The Hall–Kier alpha value is -2.70. The quantitative estimate of drug-likeness (QED) is 0.786. The number of hydrogen-bond acceptors (Lipinski definition) is 5. The Bertz CT molecular complexity index is 614. The van der Waals surface area contributed by atoms with Gasteiger partial charge in [0.15, 0.2) is 5.69 Å². The summed E-state index contributed by atoms with van der Waals surface area (Å²) in [6.45, 7) is 1.74. The zero-order chi connectivity index (χ0) is 14.7. The molecule has 7 nitrogen and oxygen atoms in total. The summed E-state index contributed by atoms with van der Waals surface area (Å²) >= 11 is 0. The second-order valence-electron chi connectivity index (χ2n) is 4.17. The largest absolute Gasteiger partial charge is 0.497 e. The molecular weight excluding hydrogens is 260 g/mol. The highest BCUT2D eigenvalue weighted by atomic mass is 16.5. The number of carbonyl (C=O) groups is 1. The lowest BCUT2D eigenvalue weighted by atomic mass is 10.2. The molecule has 0 fully saturated rings. The van der Waals surface area contributed by atoms with Gasteiger partial charge < -0.3 is 20.5 Å². The number of hydrogen-bond donors (Lipinski definition) is 3. The van der Waals surface area contributed by atoms with E-state index >= 15 is 0 Å². The van der Waals surface area contributed by atoms with Crippen molar-refractivity contribution in [2.75, 3.05) is 25.3 Å². The summed E-state index contributed by atoms with van der Waals surface area (Å²) in [7, 11) is 3.07. The minimum Gasteiger partial charge on any atom is -0.497 e. The molecule has 0 saturated heterocycles. The minimum atomic E-state index is -0.401. The highest BCUT2D eigenvalue weighted by Crippen LogP contribution is 2.26. The molecule has 0 atom stereocenters. The third-order valence-corrected chi connectivity index (χ3v) is 2.82. The number of aromatic amines is 1. The van der Waals surface area contributed by atoms with Crippen molar-refractivity contribution >= 4 is 17.3 Å². The molecule has 0 aliphatic rings. The Morgan fingerprint density at radius 1 is 1.25 bits per heavy atom. The van der Waals surface area contributed by atoms with Gasteiger partial charge >= 0.3 is 0 Å². The van der Waals surface area contributed by atoms with E-state index in [-0.39, 0.29) is 5.69 Å². The van der Waals surface area contributed by atoms with Crippen LogP contribution in [-0.2, 0) is 0 Å². The number of amides is 1. The van der Waals surface area contributed by atoms with Gasteiger partial charge in [0.25, 0.3) is 5.91 Å². The molecule has 1 amide bonds. The molecule has 1 aromatic heterocycles. The van der Waals surface area contributed by atoms with Gasteiger partial charge in [-0.2, -0.15) is 5.10 Å². The number of rotatable bonds is 4. The molecule has 106 valence electrons. The van der Waals surface area contributed by atoms with E-state index in [4.69, 9.17) is 15.2 Å². The van der Waals surface area contributed by atoms with E-state index in [0.29, 0.717) is 28.6 Å². The van der Waals surface area contributed by atoms with Gasteiger partial charge in [-0.25, -0.2) is 0 Å². The molecule has 0 aliphatic carbocycles. The first-order valence-corrected chi connectivity index (χ1v) is 5.90. The van der Waals surface area contributed by atoms with Crippen LogP contribution in [0.25, 0.3) is 0 Å². The van der Waals surface area contributed by atoms with Crippen molar-refractivity contribution < 1.29 is 14.3 Å². The van der Waals surface area contributed by atoms with E-state index < -0.39 is 5.91 Å². The molecule has 1 heterocycles. The lowest BCUT2D eigenvalue weighted by Crippen LogP contribution is -2.14. The molecule has 0 saturated carbocycles. The van der Waals surface area contributed by atoms with Gasteiger partial charge in [0, 0.05) is 23.9 Å². The van der Waals surface area contributed by atoms with Gasteiger partial charge in [0.2, 0.25) is 0 Å². The van der Waals surface area contributed by atoms with Crippen LogP contribution in [0.2, 0.25) is 0 Å². The molecule has 2 rings (SSSR count). The number of carbonyl (C=O) groups excluding carboxylic acids is 1. The summed E-state index contributed by atoms with van der Waals surface area (Å²) in [6, 6.07) is 5.06.